The molecular formula is C22H22F2N6O2. The number of benzene rings is 1. The lowest BCUT2D eigenvalue weighted by Gasteiger charge is -2.24. The number of anilines is 5. The van der Waals surface area contributed by atoms with Crippen LogP contribution in [-0.2, 0) is 10.7 Å². The minimum atomic E-state index is -3.19. The Morgan fingerprint density at radius 1 is 1.22 bits per heavy atom. The zero-order valence-electron chi connectivity index (χ0n) is 17.8. The number of carbonyl (C=O) groups is 1. The third-order valence-corrected chi connectivity index (χ3v) is 4.45. The molecule has 0 fully saturated rings. The summed E-state index contributed by atoms with van der Waals surface area (Å²) in [5, 5.41) is 5.59. The number of nitrogens with zero attached hydrogens (tertiary/aromatic N) is 4. The largest absolute Gasteiger partial charge is 0.495 e. The second kappa shape index (κ2) is 9.38. The normalized spacial score (nSPS) is 10.9. The Morgan fingerprint density at radius 2 is 2.00 bits per heavy atom. The fraction of sp³-hybridized carbons (Fsp3) is 0.182. The average Bonchev–Trinajstić information content (AvgIpc) is 2.78. The van der Waals surface area contributed by atoms with Crippen LogP contribution in [0.5, 0.6) is 5.75 Å². The number of methoxy groups -OCH3 is 1. The van der Waals surface area contributed by atoms with Crippen molar-refractivity contribution in [3.05, 3.63) is 67.1 Å². The maximum absolute atomic E-state index is 14.3. The third kappa shape index (κ3) is 5.34. The number of aromatic nitrogens is 3. The maximum atomic E-state index is 14.3. The molecule has 0 unspecified atom stereocenters. The number of ether oxygens (including phenoxy) is 1. The lowest BCUT2D eigenvalue weighted by atomic mass is 10.1. The number of amides is 1. The minimum absolute atomic E-state index is 0.00180. The van der Waals surface area contributed by atoms with E-state index in [-0.39, 0.29) is 23.2 Å². The van der Waals surface area contributed by atoms with E-state index < -0.39 is 5.92 Å². The molecule has 0 spiro atoms. The summed E-state index contributed by atoms with van der Waals surface area (Å²) < 4.78 is 33.8. The highest BCUT2D eigenvalue weighted by Crippen LogP contribution is 2.37. The molecule has 1 amide bonds. The summed E-state index contributed by atoms with van der Waals surface area (Å²) in [7, 11) is 3.11. The fourth-order valence-corrected chi connectivity index (χ4v) is 2.83. The van der Waals surface area contributed by atoms with Crippen LogP contribution in [0.3, 0.4) is 0 Å². The van der Waals surface area contributed by atoms with Gasteiger partial charge in [-0.15, -0.1) is 0 Å². The van der Waals surface area contributed by atoms with Crippen LogP contribution in [0.2, 0.25) is 0 Å². The van der Waals surface area contributed by atoms with Crippen LogP contribution in [0.25, 0.3) is 0 Å². The molecule has 1 aromatic carbocycles. The Kier molecular flexibility index (Phi) is 6.62. The van der Waals surface area contributed by atoms with Gasteiger partial charge in [-0.25, -0.2) is 13.8 Å². The van der Waals surface area contributed by atoms with Gasteiger partial charge in [-0.2, -0.15) is 4.98 Å². The van der Waals surface area contributed by atoms with Gasteiger partial charge in [-0.1, -0.05) is 12.6 Å². The Morgan fingerprint density at radius 3 is 2.69 bits per heavy atom. The first kappa shape index (κ1) is 22.6. The van der Waals surface area contributed by atoms with E-state index in [9.17, 15) is 13.6 Å². The van der Waals surface area contributed by atoms with Crippen molar-refractivity contribution in [3.8, 4) is 5.75 Å². The van der Waals surface area contributed by atoms with Gasteiger partial charge in [0, 0.05) is 37.6 Å². The molecule has 0 saturated carbocycles. The quantitative estimate of drug-likeness (QED) is 0.494. The third-order valence-electron chi connectivity index (χ3n) is 4.45. The molecule has 0 saturated heterocycles. The molecule has 8 nitrogen and oxygen atoms in total. The number of halogens is 2. The Bertz CT molecular complexity index is 1130. The predicted octanol–water partition coefficient (Wildman–Crippen LogP) is 4.63. The van der Waals surface area contributed by atoms with E-state index in [0.717, 1.165) is 19.2 Å². The Balaban J connectivity index is 1.99. The SMILES string of the molecule is C=CC(=O)Nc1cccc(N(C)c2nc(Nc3cncc(OC)c3)ncc2C(C)(F)F)c1. The van der Waals surface area contributed by atoms with Crippen LogP contribution in [0.15, 0.2) is 61.6 Å². The van der Waals surface area contributed by atoms with E-state index in [4.69, 9.17) is 4.74 Å². The Labute approximate surface area is 184 Å². The summed E-state index contributed by atoms with van der Waals surface area (Å²) in [4.78, 5) is 25.5. The lowest BCUT2D eigenvalue weighted by molar-refractivity contribution is -0.111. The number of nitrogens with one attached hydrogen (secondary N) is 2. The van der Waals surface area contributed by atoms with Gasteiger partial charge in [0.2, 0.25) is 11.9 Å². The standard InChI is InChI=1S/C22H22F2N6O2/c1-5-19(31)27-14-7-6-8-16(9-14)30(3)20-18(22(2,23)24)13-26-21(29-20)28-15-10-17(32-4)12-25-11-15/h5-13H,1H2,2-4H3,(H,27,31)(H,26,28,29). The first-order valence-corrected chi connectivity index (χ1v) is 9.50. The number of carbonyl (C=O) groups excluding carboxylic acids is 1. The molecule has 3 aromatic rings. The first-order valence-electron chi connectivity index (χ1n) is 9.50. The van der Waals surface area contributed by atoms with E-state index in [2.05, 4.69) is 32.2 Å². The van der Waals surface area contributed by atoms with Crippen molar-refractivity contribution in [2.75, 3.05) is 29.7 Å². The number of pyridine rings is 1. The Hall–Kier alpha value is -4.08. The zero-order chi connectivity index (χ0) is 23.3. The van der Waals surface area contributed by atoms with Crippen LogP contribution in [0.4, 0.5) is 37.6 Å². The van der Waals surface area contributed by atoms with E-state index in [1.165, 1.54) is 24.4 Å². The van der Waals surface area contributed by atoms with Crippen molar-refractivity contribution >= 4 is 34.7 Å². The molecular weight excluding hydrogens is 418 g/mol. The number of hydrogen-bond donors (Lipinski definition) is 2. The van der Waals surface area contributed by atoms with Crippen molar-refractivity contribution in [2.24, 2.45) is 0 Å². The second-order valence-electron chi connectivity index (χ2n) is 6.86. The molecule has 3 rings (SSSR count). The van der Waals surface area contributed by atoms with Crippen molar-refractivity contribution in [1.82, 2.24) is 15.0 Å². The molecule has 166 valence electrons. The number of alkyl halides is 2. The van der Waals surface area contributed by atoms with Crippen LogP contribution >= 0.6 is 0 Å². The van der Waals surface area contributed by atoms with Gasteiger partial charge in [0.05, 0.1) is 30.8 Å². The average molecular weight is 440 g/mol. The summed E-state index contributed by atoms with van der Waals surface area (Å²) >= 11 is 0. The van der Waals surface area contributed by atoms with Crippen LogP contribution in [0, 0.1) is 0 Å². The minimum Gasteiger partial charge on any atom is -0.495 e. The van der Waals surface area contributed by atoms with Gasteiger partial charge in [0.1, 0.15) is 11.6 Å². The highest BCUT2D eigenvalue weighted by Gasteiger charge is 2.31. The molecule has 0 aliphatic heterocycles. The molecule has 0 bridgehead atoms. The molecule has 2 N–H and O–H groups in total. The van der Waals surface area contributed by atoms with Gasteiger partial charge < -0.3 is 20.3 Å². The summed E-state index contributed by atoms with van der Waals surface area (Å²) in [5.41, 5.74) is 1.20. The highest BCUT2D eigenvalue weighted by atomic mass is 19.3. The summed E-state index contributed by atoms with van der Waals surface area (Å²) in [6.07, 6.45) is 5.29. The molecule has 0 aliphatic carbocycles. The fourth-order valence-electron chi connectivity index (χ4n) is 2.83. The van der Waals surface area contributed by atoms with Crippen molar-refractivity contribution in [1.29, 1.82) is 0 Å². The second-order valence-corrected chi connectivity index (χ2v) is 6.86. The van der Waals surface area contributed by atoms with E-state index in [1.807, 2.05) is 0 Å². The van der Waals surface area contributed by atoms with E-state index in [0.29, 0.717) is 22.8 Å². The van der Waals surface area contributed by atoms with Crippen LogP contribution in [0.1, 0.15) is 12.5 Å². The maximum Gasteiger partial charge on any atom is 0.275 e. The van der Waals surface area contributed by atoms with Gasteiger partial charge in [-0.3, -0.25) is 9.78 Å². The molecule has 2 heterocycles. The van der Waals surface area contributed by atoms with Crippen LogP contribution in [-0.4, -0.2) is 35.0 Å². The smallest absolute Gasteiger partial charge is 0.275 e. The monoisotopic (exact) mass is 440 g/mol. The summed E-state index contributed by atoms with van der Waals surface area (Å²) in [6.45, 7) is 4.19. The van der Waals surface area contributed by atoms with E-state index >= 15 is 0 Å². The highest BCUT2D eigenvalue weighted by molar-refractivity contribution is 5.99. The number of rotatable bonds is 8. The molecule has 10 heteroatoms. The summed E-state index contributed by atoms with van der Waals surface area (Å²) in [6, 6.07) is 8.39. The van der Waals surface area contributed by atoms with Gasteiger partial charge in [0.25, 0.3) is 5.92 Å². The summed E-state index contributed by atoms with van der Waals surface area (Å²) in [5.74, 6) is -2.95. The van der Waals surface area contributed by atoms with Gasteiger partial charge in [-0.05, 0) is 24.3 Å². The predicted molar refractivity (Wildman–Crippen MR) is 119 cm³/mol. The van der Waals surface area contributed by atoms with Crippen LogP contribution < -0.4 is 20.3 Å². The molecule has 32 heavy (non-hydrogen) atoms. The zero-order valence-corrected chi connectivity index (χ0v) is 17.8. The van der Waals surface area contributed by atoms with Gasteiger partial charge in [0.15, 0.2) is 0 Å². The van der Waals surface area contributed by atoms with Gasteiger partial charge >= 0.3 is 0 Å². The van der Waals surface area contributed by atoms with Crippen molar-refractivity contribution < 1.29 is 18.3 Å². The lowest BCUT2D eigenvalue weighted by Crippen LogP contribution is -2.20. The topological polar surface area (TPSA) is 92.3 Å². The first-order chi connectivity index (χ1) is 15.2. The van der Waals surface area contributed by atoms with E-state index in [1.54, 1.807) is 37.4 Å². The molecule has 0 atom stereocenters. The number of hydrogen-bond acceptors (Lipinski definition) is 7. The van der Waals surface area contributed by atoms with Crippen molar-refractivity contribution in [2.45, 2.75) is 12.8 Å². The molecule has 0 radical (unpaired) electrons. The molecule has 0 aliphatic rings. The van der Waals surface area contributed by atoms with Crippen molar-refractivity contribution in [3.63, 3.8) is 0 Å². The molecule has 2 aromatic heterocycles.